The van der Waals surface area contributed by atoms with E-state index in [1.54, 1.807) is 0 Å². The van der Waals surface area contributed by atoms with Crippen molar-refractivity contribution in [3.63, 3.8) is 0 Å². The molecule has 7 nitrogen and oxygen atoms in total. The van der Waals surface area contributed by atoms with Gasteiger partial charge in [-0.3, -0.25) is 10.1 Å². The number of rotatable bonds is 5. The van der Waals surface area contributed by atoms with E-state index < -0.39 is 14.9 Å². The molecule has 0 aliphatic carbocycles. The summed E-state index contributed by atoms with van der Waals surface area (Å²) in [6.07, 6.45) is 1.96. The molecule has 1 aromatic rings. The van der Waals surface area contributed by atoms with Crippen LogP contribution >= 0.6 is 12.4 Å². The average molecular weight is 336 g/mol. The summed E-state index contributed by atoms with van der Waals surface area (Å²) >= 11 is 0. The Balaban J connectivity index is 0.00000220. The highest BCUT2D eigenvalue weighted by Gasteiger charge is 2.24. The zero-order chi connectivity index (χ0) is 14.8. The maximum atomic E-state index is 12.2. The number of nitrogens with zero attached hydrogens (tertiary/aromatic N) is 1. The maximum absolute atomic E-state index is 12.2. The van der Waals surface area contributed by atoms with Crippen molar-refractivity contribution in [1.82, 2.24) is 10.0 Å². The topological polar surface area (TPSA) is 101 Å². The lowest BCUT2D eigenvalue weighted by atomic mass is 10.2. The van der Waals surface area contributed by atoms with Gasteiger partial charge in [-0.2, -0.15) is 0 Å². The molecule has 0 saturated carbocycles. The number of hydrogen-bond donors (Lipinski definition) is 2. The monoisotopic (exact) mass is 335 g/mol. The van der Waals surface area contributed by atoms with Crippen LogP contribution in [0.5, 0.6) is 0 Å². The summed E-state index contributed by atoms with van der Waals surface area (Å²) in [6.45, 7) is 2.63. The van der Waals surface area contributed by atoms with Gasteiger partial charge >= 0.3 is 0 Å². The van der Waals surface area contributed by atoms with Crippen molar-refractivity contribution in [3.05, 3.63) is 33.9 Å². The SMILES string of the molecule is Cc1c([N+](=O)[O-])cccc1S(=O)(=O)NCC1CCCN1.Cl. The Hall–Kier alpha value is -1.22. The Kier molecular flexibility index (Phi) is 6.09. The highest BCUT2D eigenvalue weighted by Crippen LogP contribution is 2.24. The minimum atomic E-state index is -3.73. The lowest BCUT2D eigenvalue weighted by Gasteiger charge is -2.13. The standard InChI is InChI=1S/C12H17N3O4S.ClH/c1-9-11(15(16)17)5-2-6-12(9)20(18,19)14-8-10-4-3-7-13-10;/h2,5-6,10,13-14H,3-4,7-8H2,1H3;1H. The van der Waals surface area contributed by atoms with E-state index in [-0.39, 0.29) is 34.6 Å². The number of nitro benzene ring substituents is 1. The summed E-state index contributed by atoms with van der Waals surface area (Å²) in [5.41, 5.74) is -0.0313. The summed E-state index contributed by atoms with van der Waals surface area (Å²) < 4.78 is 27.0. The van der Waals surface area contributed by atoms with Crippen LogP contribution in [0.15, 0.2) is 23.1 Å². The Morgan fingerprint density at radius 2 is 2.19 bits per heavy atom. The molecule has 2 rings (SSSR count). The first-order valence-corrected chi connectivity index (χ1v) is 7.87. The second-order valence-electron chi connectivity index (χ2n) is 4.80. The number of halogens is 1. The highest BCUT2D eigenvalue weighted by molar-refractivity contribution is 7.89. The molecule has 1 aliphatic heterocycles. The molecule has 1 aromatic carbocycles. The molecule has 0 amide bonds. The van der Waals surface area contributed by atoms with E-state index in [9.17, 15) is 18.5 Å². The molecule has 2 N–H and O–H groups in total. The maximum Gasteiger partial charge on any atom is 0.273 e. The van der Waals surface area contributed by atoms with E-state index in [0.29, 0.717) is 6.54 Å². The molecule has 0 spiro atoms. The van der Waals surface area contributed by atoms with Gasteiger partial charge in [-0.15, -0.1) is 12.4 Å². The number of benzene rings is 1. The van der Waals surface area contributed by atoms with Crippen molar-refractivity contribution < 1.29 is 13.3 Å². The number of nitrogens with one attached hydrogen (secondary N) is 2. The zero-order valence-corrected chi connectivity index (χ0v) is 13.2. The van der Waals surface area contributed by atoms with Gasteiger partial charge in [-0.05, 0) is 32.4 Å². The van der Waals surface area contributed by atoms with Crippen LogP contribution in [0.3, 0.4) is 0 Å². The molecule has 1 atom stereocenters. The summed E-state index contributed by atoms with van der Waals surface area (Å²) in [4.78, 5) is 10.2. The first kappa shape index (κ1) is 17.8. The quantitative estimate of drug-likeness (QED) is 0.625. The summed E-state index contributed by atoms with van der Waals surface area (Å²) in [5.74, 6) is 0. The predicted molar refractivity (Wildman–Crippen MR) is 81.3 cm³/mol. The van der Waals surface area contributed by atoms with Crippen LogP contribution in [0.2, 0.25) is 0 Å². The number of hydrogen-bond acceptors (Lipinski definition) is 5. The van der Waals surface area contributed by atoms with Crippen molar-refractivity contribution in [3.8, 4) is 0 Å². The van der Waals surface area contributed by atoms with Gasteiger partial charge in [0, 0.05) is 24.2 Å². The lowest BCUT2D eigenvalue weighted by Crippen LogP contribution is -2.37. The third-order valence-electron chi connectivity index (χ3n) is 3.42. The van der Waals surface area contributed by atoms with Crippen molar-refractivity contribution in [2.75, 3.05) is 13.1 Å². The van der Waals surface area contributed by atoms with Crippen molar-refractivity contribution in [2.24, 2.45) is 0 Å². The Morgan fingerprint density at radius 3 is 2.76 bits per heavy atom. The molecule has 9 heteroatoms. The minimum Gasteiger partial charge on any atom is -0.313 e. The predicted octanol–water partition coefficient (Wildman–Crippen LogP) is 1.36. The smallest absolute Gasteiger partial charge is 0.273 e. The molecule has 1 unspecified atom stereocenters. The third-order valence-corrected chi connectivity index (χ3v) is 4.99. The van der Waals surface area contributed by atoms with Crippen LogP contribution in [0.4, 0.5) is 5.69 Å². The van der Waals surface area contributed by atoms with Crippen LogP contribution in [0.25, 0.3) is 0 Å². The van der Waals surface area contributed by atoms with E-state index in [4.69, 9.17) is 0 Å². The van der Waals surface area contributed by atoms with Gasteiger partial charge in [0.05, 0.1) is 9.82 Å². The van der Waals surface area contributed by atoms with Crippen molar-refractivity contribution in [1.29, 1.82) is 0 Å². The Bertz CT molecular complexity index is 615. The van der Waals surface area contributed by atoms with Gasteiger partial charge < -0.3 is 5.32 Å². The average Bonchev–Trinajstić information content (AvgIpc) is 2.89. The van der Waals surface area contributed by atoms with Gasteiger partial charge in [0.2, 0.25) is 10.0 Å². The highest BCUT2D eigenvalue weighted by atomic mass is 35.5. The minimum absolute atomic E-state index is 0. The van der Waals surface area contributed by atoms with Crippen molar-refractivity contribution >= 4 is 28.1 Å². The van der Waals surface area contributed by atoms with Gasteiger partial charge in [-0.25, -0.2) is 13.1 Å². The van der Waals surface area contributed by atoms with E-state index in [2.05, 4.69) is 10.0 Å². The number of nitro groups is 1. The number of sulfonamides is 1. The second-order valence-corrected chi connectivity index (χ2v) is 6.54. The van der Waals surface area contributed by atoms with Gasteiger partial charge in [-0.1, -0.05) is 6.07 Å². The molecule has 0 bridgehead atoms. The molecule has 118 valence electrons. The van der Waals surface area contributed by atoms with E-state index in [0.717, 1.165) is 19.4 Å². The van der Waals surface area contributed by atoms with Crippen LogP contribution in [-0.2, 0) is 10.0 Å². The molecule has 1 heterocycles. The summed E-state index contributed by atoms with van der Waals surface area (Å²) in [7, 11) is -3.73. The van der Waals surface area contributed by atoms with Crippen LogP contribution in [0.1, 0.15) is 18.4 Å². The third kappa shape index (κ3) is 4.13. The van der Waals surface area contributed by atoms with Crippen LogP contribution < -0.4 is 10.0 Å². The molecular formula is C12H18ClN3O4S. The van der Waals surface area contributed by atoms with Gasteiger partial charge in [0.15, 0.2) is 0 Å². The summed E-state index contributed by atoms with van der Waals surface area (Å²) in [5, 5.41) is 14.0. The fourth-order valence-corrected chi connectivity index (χ4v) is 3.65. The second kappa shape index (κ2) is 7.17. The van der Waals surface area contributed by atoms with E-state index in [1.807, 2.05) is 0 Å². The Labute approximate surface area is 129 Å². The molecule has 1 saturated heterocycles. The van der Waals surface area contributed by atoms with E-state index >= 15 is 0 Å². The first-order valence-electron chi connectivity index (χ1n) is 6.39. The van der Waals surface area contributed by atoms with Crippen molar-refractivity contribution in [2.45, 2.75) is 30.7 Å². The largest absolute Gasteiger partial charge is 0.313 e. The van der Waals surface area contributed by atoms with Crippen LogP contribution in [0, 0.1) is 17.0 Å². The molecular weight excluding hydrogens is 318 g/mol. The molecule has 1 aliphatic rings. The molecule has 0 radical (unpaired) electrons. The molecule has 21 heavy (non-hydrogen) atoms. The fraction of sp³-hybridized carbons (Fsp3) is 0.500. The zero-order valence-electron chi connectivity index (χ0n) is 11.5. The van der Waals surface area contributed by atoms with Gasteiger partial charge in [0.1, 0.15) is 0 Å². The van der Waals surface area contributed by atoms with Crippen LogP contribution in [-0.4, -0.2) is 32.5 Å². The normalized spacial score (nSPS) is 18.2. The first-order chi connectivity index (χ1) is 9.42. The molecule has 0 aromatic heterocycles. The van der Waals surface area contributed by atoms with Gasteiger partial charge in [0.25, 0.3) is 5.69 Å². The summed E-state index contributed by atoms with van der Waals surface area (Å²) in [6, 6.07) is 4.19. The Morgan fingerprint density at radius 1 is 1.48 bits per heavy atom. The fourth-order valence-electron chi connectivity index (χ4n) is 2.31. The molecule has 1 fully saturated rings. The lowest BCUT2D eigenvalue weighted by molar-refractivity contribution is -0.385. The van der Waals surface area contributed by atoms with E-state index in [1.165, 1.54) is 25.1 Å².